The number of carboxylic acids is 1. The molecule has 1 fully saturated rings. The van der Waals surface area contributed by atoms with Crippen LogP contribution in [0.25, 0.3) is 0 Å². The van der Waals surface area contributed by atoms with Gasteiger partial charge in [-0.1, -0.05) is 66.2 Å². The van der Waals surface area contributed by atoms with Crippen molar-refractivity contribution < 1.29 is 19.5 Å². The number of aryl methyl sites for hydroxylation is 1. The van der Waals surface area contributed by atoms with Gasteiger partial charge >= 0.3 is 5.97 Å². The number of imide groups is 1. The Hall–Kier alpha value is -3.44. The van der Waals surface area contributed by atoms with Crippen LogP contribution in [-0.4, -0.2) is 22.9 Å². The fraction of sp³-hybridized carbons (Fsp3) is 0.192. The number of rotatable bonds is 2. The van der Waals surface area contributed by atoms with Gasteiger partial charge in [0.2, 0.25) is 11.8 Å². The lowest BCUT2D eigenvalue weighted by molar-refractivity contribution is -0.149. The van der Waals surface area contributed by atoms with Crippen LogP contribution < -0.4 is 4.90 Å². The number of nitrogens with zero attached hydrogens (tertiary/aromatic N) is 1. The fourth-order valence-electron chi connectivity index (χ4n) is 6.11. The molecule has 1 saturated heterocycles. The van der Waals surface area contributed by atoms with Gasteiger partial charge in [-0.25, -0.2) is 4.90 Å². The Morgan fingerprint density at radius 1 is 0.938 bits per heavy atom. The molecule has 0 radical (unpaired) electrons. The smallest absolute Gasteiger partial charge is 0.319 e. The Labute approximate surface area is 189 Å². The molecule has 0 saturated carbocycles. The van der Waals surface area contributed by atoms with Gasteiger partial charge in [-0.3, -0.25) is 14.4 Å². The van der Waals surface area contributed by atoms with Crippen molar-refractivity contribution in [1.29, 1.82) is 0 Å². The second kappa shape index (κ2) is 6.30. The third-order valence-corrected chi connectivity index (χ3v) is 7.78. The van der Waals surface area contributed by atoms with Crippen molar-refractivity contribution >= 4 is 35.1 Å². The standard InChI is InChI=1S/C26H18ClNO4/c1-13-10-11-14(12-19(13)27)28-23(29)21-20-15-6-2-4-8-17(15)26(25(31)32,22(21)24(28)30)18-9-5-3-7-16(18)20/h2-12,20-22H,1H3,(H,31,32)/t20?,21-,22-,26?/m0/s1. The molecule has 158 valence electrons. The highest BCUT2D eigenvalue weighted by molar-refractivity contribution is 6.32. The SMILES string of the molecule is Cc1ccc(N2C(=O)[C@@H]3[C@@H](C2=O)C2c4ccccc4C3(C(=O)O)c3ccccc32)cc1Cl. The molecule has 1 aliphatic heterocycles. The summed E-state index contributed by atoms with van der Waals surface area (Å²) in [7, 11) is 0. The molecule has 7 rings (SSSR count). The summed E-state index contributed by atoms with van der Waals surface area (Å²) >= 11 is 6.29. The van der Waals surface area contributed by atoms with Gasteiger partial charge in [0.15, 0.2) is 0 Å². The number of aliphatic carboxylic acids is 1. The third kappa shape index (κ3) is 2.07. The first-order chi connectivity index (χ1) is 15.4. The molecular formula is C26H18ClNO4. The molecular weight excluding hydrogens is 426 g/mol. The van der Waals surface area contributed by atoms with Crippen molar-refractivity contribution in [3.05, 3.63) is 99.6 Å². The second-order valence-corrected chi connectivity index (χ2v) is 9.12. The van der Waals surface area contributed by atoms with Crippen LogP contribution in [0, 0.1) is 18.8 Å². The number of benzene rings is 3. The molecule has 5 nitrogen and oxygen atoms in total. The summed E-state index contributed by atoms with van der Waals surface area (Å²) in [5.41, 5.74) is 2.39. The second-order valence-electron chi connectivity index (χ2n) is 8.71. The molecule has 32 heavy (non-hydrogen) atoms. The van der Waals surface area contributed by atoms with Gasteiger partial charge in [0.05, 0.1) is 17.5 Å². The molecule has 3 aromatic rings. The van der Waals surface area contributed by atoms with E-state index in [0.29, 0.717) is 21.8 Å². The van der Waals surface area contributed by atoms with Gasteiger partial charge in [0.25, 0.3) is 0 Å². The fourth-order valence-corrected chi connectivity index (χ4v) is 6.29. The lowest BCUT2D eigenvalue weighted by Gasteiger charge is -2.51. The van der Waals surface area contributed by atoms with Crippen molar-refractivity contribution in [1.82, 2.24) is 0 Å². The van der Waals surface area contributed by atoms with E-state index in [9.17, 15) is 19.5 Å². The number of anilines is 1. The zero-order valence-corrected chi connectivity index (χ0v) is 17.8. The quantitative estimate of drug-likeness (QED) is 0.600. The Morgan fingerprint density at radius 2 is 1.53 bits per heavy atom. The zero-order valence-electron chi connectivity index (χ0n) is 17.1. The molecule has 0 unspecified atom stereocenters. The van der Waals surface area contributed by atoms with Gasteiger partial charge in [0, 0.05) is 10.9 Å². The molecule has 0 aromatic heterocycles. The minimum Gasteiger partial charge on any atom is -0.480 e. The number of carbonyl (C=O) groups is 3. The van der Waals surface area contributed by atoms with Crippen LogP contribution in [0.5, 0.6) is 0 Å². The van der Waals surface area contributed by atoms with Crippen LogP contribution >= 0.6 is 11.6 Å². The predicted molar refractivity (Wildman–Crippen MR) is 119 cm³/mol. The van der Waals surface area contributed by atoms with E-state index in [-0.39, 0.29) is 11.8 Å². The highest BCUT2D eigenvalue weighted by Crippen LogP contribution is 2.64. The minimum atomic E-state index is -1.62. The van der Waals surface area contributed by atoms with E-state index in [0.717, 1.165) is 21.6 Å². The monoisotopic (exact) mass is 443 g/mol. The molecule has 6 heteroatoms. The summed E-state index contributed by atoms with van der Waals surface area (Å²) in [6.07, 6.45) is 0. The zero-order chi connectivity index (χ0) is 22.4. The van der Waals surface area contributed by atoms with E-state index >= 15 is 0 Å². The third-order valence-electron chi connectivity index (χ3n) is 7.37. The maximum Gasteiger partial charge on any atom is 0.319 e. The molecule has 3 aliphatic carbocycles. The molecule has 2 atom stereocenters. The van der Waals surface area contributed by atoms with E-state index < -0.39 is 29.1 Å². The largest absolute Gasteiger partial charge is 0.480 e. The summed E-state index contributed by atoms with van der Waals surface area (Å²) in [5.74, 6) is -4.17. The van der Waals surface area contributed by atoms with E-state index in [1.807, 2.05) is 31.2 Å². The summed E-state index contributed by atoms with van der Waals surface area (Å²) in [5, 5.41) is 11.1. The summed E-state index contributed by atoms with van der Waals surface area (Å²) in [6.45, 7) is 1.84. The van der Waals surface area contributed by atoms with Crippen molar-refractivity contribution in [2.45, 2.75) is 18.3 Å². The predicted octanol–water partition coefficient (Wildman–Crippen LogP) is 4.28. The first kappa shape index (κ1) is 19.3. The van der Waals surface area contributed by atoms with Gasteiger partial charge in [-0.05, 0) is 46.9 Å². The average Bonchev–Trinajstić information content (AvgIpc) is 3.06. The molecule has 0 spiro atoms. The van der Waals surface area contributed by atoms with Crippen LogP contribution in [0.1, 0.15) is 33.7 Å². The van der Waals surface area contributed by atoms with Gasteiger partial charge in [0.1, 0.15) is 5.41 Å². The number of amides is 2. The molecule has 2 bridgehead atoms. The number of hydrogen-bond acceptors (Lipinski definition) is 3. The van der Waals surface area contributed by atoms with Crippen LogP contribution in [0.4, 0.5) is 5.69 Å². The van der Waals surface area contributed by atoms with Crippen LogP contribution in [0.3, 0.4) is 0 Å². The first-order valence-corrected chi connectivity index (χ1v) is 10.8. The Morgan fingerprint density at radius 3 is 2.09 bits per heavy atom. The number of carboxylic acid groups (broad SMARTS) is 1. The maximum absolute atomic E-state index is 13.9. The lowest BCUT2D eigenvalue weighted by Crippen LogP contribution is -2.57. The molecule has 2 amide bonds. The molecule has 1 N–H and O–H groups in total. The molecule has 1 heterocycles. The van der Waals surface area contributed by atoms with Gasteiger partial charge in [-0.15, -0.1) is 0 Å². The first-order valence-electron chi connectivity index (χ1n) is 10.4. The van der Waals surface area contributed by atoms with E-state index in [4.69, 9.17) is 11.6 Å². The van der Waals surface area contributed by atoms with Crippen molar-refractivity contribution in [3.8, 4) is 0 Å². The van der Waals surface area contributed by atoms with E-state index in [2.05, 4.69) is 0 Å². The van der Waals surface area contributed by atoms with Crippen LogP contribution in [0.2, 0.25) is 5.02 Å². The van der Waals surface area contributed by atoms with Crippen LogP contribution in [0.15, 0.2) is 66.7 Å². The van der Waals surface area contributed by atoms with Crippen molar-refractivity contribution in [3.63, 3.8) is 0 Å². The summed E-state index contributed by atoms with van der Waals surface area (Å²) in [4.78, 5) is 41.9. The van der Waals surface area contributed by atoms with E-state index in [1.54, 1.807) is 42.5 Å². The minimum absolute atomic E-state index is 0.373. The Balaban J connectivity index is 1.66. The molecule has 4 aliphatic rings. The van der Waals surface area contributed by atoms with Gasteiger partial charge < -0.3 is 5.11 Å². The number of halogens is 1. The highest BCUT2D eigenvalue weighted by Gasteiger charge is 2.71. The van der Waals surface area contributed by atoms with Crippen molar-refractivity contribution in [2.24, 2.45) is 11.8 Å². The summed E-state index contributed by atoms with van der Waals surface area (Å²) in [6, 6.07) is 19.7. The maximum atomic E-state index is 13.9. The normalized spacial score (nSPS) is 27.2. The average molecular weight is 444 g/mol. The lowest BCUT2D eigenvalue weighted by atomic mass is 9.47. The van der Waals surface area contributed by atoms with E-state index in [1.165, 1.54) is 0 Å². The Bertz CT molecular complexity index is 1320. The molecule has 3 aromatic carbocycles. The van der Waals surface area contributed by atoms with Crippen LogP contribution in [-0.2, 0) is 19.8 Å². The van der Waals surface area contributed by atoms with Crippen molar-refractivity contribution in [2.75, 3.05) is 4.90 Å². The topological polar surface area (TPSA) is 74.7 Å². The number of hydrogen-bond donors (Lipinski definition) is 1. The Kier molecular flexibility index (Phi) is 3.79. The number of carbonyl (C=O) groups excluding carboxylic acids is 2. The summed E-state index contributed by atoms with van der Waals surface area (Å²) < 4.78 is 0. The highest BCUT2D eigenvalue weighted by atomic mass is 35.5. The van der Waals surface area contributed by atoms with Gasteiger partial charge in [-0.2, -0.15) is 0 Å².